The van der Waals surface area contributed by atoms with Gasteiger partial charge in [-0.05, 0) is 19.1 Å². The highest BCUT2D eigenvalue weighted by atomic mass is 16.3. The molecule has 16 heavy (non-hydrogen) atoms. The molecule has 2 heterocycles. The molecule has 0 aromatic carbocycles. The Kier molecular flexibility index (Phi) is 2.83. The van der Waals surface area contributed by atoms with Crippen molar-refractivity contribution >= 4 is 5.95 Å². The zero-order chi connectivity index (χ0) is 11.4. The van der Waals surface area contributed by atoms with Crippen LogP contribution >= 0.6 is 0 Å². The first-order valence-corrected chi connectivity index (χ1v) is 4.79. The Hall–Kier alpha value is -2.35. The summed E-state index contributed by atoms with van der Waals surface area (Å²) < 4.78 is 5.44. The largest absolute Gasteiger partial charge is 0.461 e. The van der Waals surface area contributed by atoms with E-state index in [9.17, 15) is 0 Å². The van der Waals surface area contributed by atoms with Crippen LogP contribution in [0.1, 0.15) is 5.76 Å². The second kappa shape index (κ2) is 4.45. The van der Waals surface area contributed by atoms with Gasteiger partial charge in [-0.25, -0.2) is 9.97 Å². The molecule has 0 unspecified atom stereocenters. The predicted octanol–water partition coefficient (Wildman–Crippen LogP) is 1.98. The number of rotatable bonds is 3. The van der Waals surface area contributed by atoms with Crippen molar-refractivity contribution in [2.75, 3.05) is 11.9 Å². The van der Waals surface area contributed by atoms with Crippen LogP contribution in [0.25, 0.3) is 11.3 Å². The predicted molar refractivity (Wildman–Crippen MR) is 58.6 cm³/mol. The number of nitriles is 1. The van der Waals surface area contributed by atoms with Crippen molar-refractivity contribution in [2.24, 2.45) is 0 Å². The van der Waals surface area contributed by atoms with Crippen LogP contribution in [0, 0.1) is 18.3 Å². The summed E-state index contributed by atoms with van der Waals surface area (Å²) in [5, 5.41) is 11.1. The van der Waals surface area contributed by atoms with Gasteiger partial charge < -0.3 is 9.73 Å². The first-order chi connectivity index (χ1) is 7.79. The summed E-state index contributed by atoms with van der Waals surface area (Å²) in [5.41, 5.74) is 0.815. The van der Waals surface area contributed by atoms with Crippen molar-refractivity contribution in [3.05, 3.63) is 30.3 Å². The van der Waals surface area contributed by atoms with Crippen LogP contribution < -0.4 is 5.32 Å². The van der Waals surface area contributed by atoms with E-state index in [1.54, 1.807) is 12.4 Å². The summed E-state index contributed by atoms with van der Waals surface area (Å²) in [6.45, 7) is 2.08. The molecule has 0 aliphatic carbocycles. The minimum Gasteiger partial charge on any atom is -0.461 e. The van der Waals surface area contributed by atoms with Gasteiger partial charge in [0.2, 0.25) is 5.95 Å². The maximum Gasteiger partial charge on any atom is 0.223 e. The lowest BCUT2D eigenvalue weighted by Gasteiger charge is -2.00. The van der Waals surface area contributed by atoms with Gasteiger partial charge in [-0.2, -0.15) is 5.26 Å². The van der Waals surface area contributed by atoms with E-state index in [0.717, 1.165) is 17.1 Å². The molecule has 2 rings (SSSR count). The standard InChI is InChI=1S/C11H10N4O/c1-8-2-3-10(16-8)9-6-14-11(15-7-9)13-5-4-12/h2-3,6-7H,5H2,1H3,(H,13,14,15). The number of nitrogens with one attached hydrogen (secondary N) is 1. The van der Waals surface area contributed by atoms with Gasteiger partial charge in [0.05, 0.1) is 11.6 Å². The SMILES string of the molecule is Cc1ccc(-c2cnc(NCC#N)nc2)o1. The van der Waals surface area contributed by atoms with E-state index in [1.807, 2.05) is 25.1 Å². The maximum atomic E-state index is 8.38. The van der Waals surface area contributed by atoms with Crippen molar-refractivity contribution in [1.29, 1.82) is 5.26 Å². The Morgan fingerprint density at radius 1 is 1.38 bits per heavy atom. The number of hydrogen-bond donors (Lipinski definition) is 1. The fraction of sp³-hybridized carbons (Fsp3) is 0.182. The molecule has 2 aromatic rings. The maximum absolute atomic E-state index is 8.38. The molecule has 0 bridgehead atoms. The highest BCUT2D eigenvalue weighted by Gasteiger charge is 2.03. The van der Waals surface area contributed by atoms with Gasteiger partial charge in [-0.3, -0.25) is 0 Å². The van der Waals surface area contributed by atoms with E-state index in [4.69, 9.17) is 9.68 Å². The first kappa shape index (κ1) is 10.2. The molecule has 0 spiro atoms. The third-order valence-corrected chi connectivity index (χ3v) is 2.00. The van der Waals surface area contributed by atoms with Crippen molar-refractivity contribution in [1.82, 2.24) is 9.97 Å². The van der Waals surface area contributed by atoms with Crippen molar-refractivity contribution in [2.45, 2.75) is 6.92 Å². The van der Waals surface area contributed by atoms with Crippen LogP contribution in [0.4, 0.5) is 5.95 Å². The van der Waals surface area contributed by atoms with Gasteiger partial charge in [-0.1, -0.05) is 0 Å². The van der Waals surface area contributed by atoms with Crippen LogP contribution in [-0.4, -0.2) is 16.5 Å². The molecule has 0 fully saturated rings. The molecule has 1 N–H and O–H groups in total. The van der Waals surface area contributed by atoms with Crippen molar-refractivity contribution in [3.8, 4) is 17.4 Å². The van der Waals surface area contributed by atoms with Crippen LogP contribution in [0.3, 0.4) is 0 Å². The van der Waals surface area contributed by atoms with Gasteiger partial charge in [0.25, 0.3) is 0 Å². The second-order valence-electron chi connectivity index (χ2n) is 3.22. The van der Waals surface area contributed by atoms with Crippen molar-refractivity contribution in [3.63, 3.8) is 0 Å². The fourth-order valence-electron chi connectivity index (χ4n) is 1.25. The van der Waals surface area contributed by atoms with Crippen LogP contribution in [-0.2, 0) is 0 Å². The molecule has 0 radical (unpaired) electrons. The lowest BCUT2D eigenvalue weighted by molar-refractivity contribution is 0.548. The normalized spacial score (nSPS) is 9.75. The van der Waals surface area contributed by atoms with E-state index >= 15 is 0 Å². The third-order valence-electron chi connectivity index (χ3n) is 2.00. The van der Waals surface area contributed by atoms with Gasteiger partial charge in [0.15, 0.2) is 0 Å². The summed E-state index contributed by atoms with van der Waals surface area (Å²) in [4.78, 5) is 8.14. The summed E-state index contributed by atoms with van der Waals surface area (Å²) in [7, 11) is 0. The Labute approximate surface area is 92.8 Å². The van der Waals surface area contributed by atoms with E-state index in [0.29, 0.717) is 5.95 Å². The van der Waals surface area contributed by atoms with Gasteiger partial charge in [0.1, 0.15) is 18.1 Å². The van der Waals surface area contributed by atoms with E-state index in [1.165, 1.54) is 0 Å². The van der Waals surface area contributed by atoms with Crippen molar-refractivity contribution < 1.29 is 4.42 Å². The molecule has 2 aromatic heterocycles. The third kappa shape index (κ3) is 2.17. The summed E-state index contributed by atoms with van der Waals surface area (Å²) >= 11 is 0. The monoisotopic (exact) mass is 214 g/mol. The molecule has 5 nitrogen and oxygen atoms in total. The number of anilines is 1. The molecule has 0 aliphatic heterocycles. The molecule has 0 saturated carbocycles. The molecule has 0 atom stereocenters. The number of aryl methyl sites for hydroxylation is 1. The van der Waals surface area contributed by atoms with Gasteiger partial charge in [0, 0.05) is 12.4 Å². The quantitative estimate of drug-likeness (QED) is 0.790. The molecule has 0 saturated heterocycles. The summed E-state index contributed by atoms with van der Waals surface area (Å²) in [6.07, 6.45) is 3.32. The summed E-state index contributed by atoms with van der Waals surface area (Å²) in [5.74, 6) is 2.03. The van der Waals surface area contributed by atoms with Crippen LogP contribution in [0.2, 0.25) is 0 Å². The zero-order valence-corrected chi connectivity index (χ0v) is 8.77. The topological polar surface area (TPSA) is 74.7 Å². The van der Waals surface area contributed by atoms with E-state index < -0.39 is 0 Å². The number of nitrogens with zero attached hydrogens (tertiary/aromatic N) is 3. The Morgan fingerprint density at radius 2 is 2.12 bits per heavy atom. The van der Waals surface area contributed by atoms with Gasteiger partial charge >= 0.3 is 0 Å². The minimum atomic E-state index is 0.194. The highest BCUT2D eigenvalue weighted by molar-refractivity contribution is 5.55. The minimum absolute atomic E-state index is 0.194. The molecule has 0 amide bonds. The van der Waals surface area contributed by atoms with E-state index in [-0.39, 0.29) is 6.54 Å². The lowest BCUT2D eigenvalue weighted by Crippen LogP contribution is -2.02. The average Bonchev–Trinajstić information content (AvgIpc) is 2.74. The Balaban J connectivity index is 2.16. The summed E-state index contributed by atoms with van der Waals surface area (Å²) in [6, 6.07) is 5.71. The lowest BCUT2D eigenvalue weighted by atomic mass is 10.3. The number of hydrogen-bond acceptors (Lipinski definition) is 5. The fourth-order valence-corrected chi connectivity index (χ4v) is 1.25. The molecule has 80 valence electrons. The van der Waals surface area contributed by atoms with Crippen LogP contribution in [0.5, 0.6) is 0 Å². The molecular weight excluding hydrogens is 204 g/mol. The van der Waals surface area contributed by atoms with Gasteiger partial charge in [-0.15, -0.1) is 0 Å². The highest BCUT2D eigenvalue weighted by Crippen LogP contribution is 2.20. The Bertz CT molecular complexity index is 510. The first-order valence-electron chi connectivity index (χ1n) is 4.79. The van der Waals surface area contributed by atoms with Crippen LogP contribution in [0.15, 0.2) is 28.9 Å². The zero-order valence-electron chi connectivity index (χ0n) is 8.77. The number of furan rings is 1. The second-order valence-corrected chi connectivity index (χ2v) is 3.22. The smallest absolute Gasteiger partial charge is 0.223 e. The molecule has 5 heteroatoms. The Morgan fingerprint density at radius 3 is 2.69 bits per heavy atom. The average molecular weight is 214 g/mol. The molecular formula is C11H10N4O. The molecule has 0 aliphatic rings. The van der Waals surface area contributed by atoms with E-state index in [2.05, 4.69) is 15.3 Å². The number of aromatic nitrogens is 2.